The quantitative estimate of drug-likeness (QED) is 0.243. The van der Waals surface area contributed by atoms with E-state index in [0.29, 0.717) is 36.7 Å². The lowest BCUT2D eigenvalue weighted by atomic mass is 10.1. The molecule has 8 heteroatoms. The van der Waals surface area contributed by atoms with Gasteiger partial charge < -0.3 is 20.9 Å². The molecule has 1 aliphatic rings. The second kappa shape index (κ2) is 6.40. The average Bonchev–Trinajstić information content (AvgIpc) is 2.94. The van der Waals surface area contributed by atoms with Crippen LogP contribution in [0.15, 0.2) is 23.4 Å². The number of aliphatic hydroxyl groups is 1. The first-order chi connectivity index (χ1) is 10.1. The largest absolute Gasteiger partial charge is 0.409 e. The maximum absolute atomic E-state index is 11.2. The summed E-state index contributed by atoms with van der Waals surface area (Å²) in [6.07, 6.45) is 1.60. The van der Waals surface area contributed by atoms with Crippen molar-refractivity contribution in [2.24, 2.45) is 16.8 Å². The van der Waals surface area contributed by atoms with Crippen LogP contribution in [0.4, 0.5) is 11.4 Å². The van der Waals surface area contributed by atoms with Crippen molar-refractivity contribution in [2.45, 2.75) is 12.8 Å². The van der Waals surface area contributed by atoms with E-state index in [1.165, 1.54) is 6.07 Å². The number of nitro benzene ring substituents is 1. The molecule has 0 bridgehead atoms. The number of oxime groups is 1. The van der Waals surface area contributed by atoms with Gasteiger partial charge in [0.25, 0.3) is 5.69 Å². The fourth-order valence-corrected chi connectivity index (χ4v) is 2.62. The van der Waals surface area contributed by atoms with Crippen molar-refractivity contribution in [3.8, 4) is 0 Å². The van der Waals surface area contributed by atoms with Crippen molar-refractivity contribution >= 4 is 17.2 Å². The molecule has 114 valence electrons. The van der Waals surface area contributed by atoms with Crippen LogP contribution < -0.4 is 10.6 Å². The summed E-state index contributed by atoms with van der Waals surface area (Å²) < 4.78 is 0. The molecule has 1 fully saturated rings. The third-order valence-electron chi connectivity index (χ3n) is 3.74. The Bertz CT molecular complexity index is 561. The molecule has 21 heavy (non-hydrogen) atoms. The Labute approximate surface area is 121 Å². The third-order valence-corrected chi connectivity index (χ3v) is 3.74. The van der Waals surface area contributed by atoms with Crippen LogP contribution in [0.25, 0.3) is 0 Å². The molecule has 2 rings (SSSR count). The molecule has 0 amide bonds. The normalized spacial score (nSPS) is 19.0. The van der Waals surface area contributed by atoms with E-state index in [-0.39, 0.29) is 18.1 Å². The van der Waals surface area contributed by atoms with Gasteiger partial charge in [0.15, 0.2) is 5.84 Å². The van der Waals surface area contributed by atoms with E-state index in [9.17, 15) is 10.1 Å². The number of nitrogens with two attached hydrogens (primary N) is 1. The van der Waals surface area contributed by atoms with Gasteiger partial charge in [-0.2, -0.15) is 0 Å². The Morgan fingerprint density at radius 2 is 2.33 bits per heavy atom. The van der Waals surface area contributed by atoms with E-state index in [1.54, 1.807) is 12.1 Å². The highest BCUT2D eigenvalue weighted by Gasteiger charge is 2.27. The van der Waals surface area contributed by atoms with E-state index < -0.39 is 4.92 Å². The highest BCUT2D eigenvalue weighted by Crippen LogP contribution is 2.33. The molecule has 1 saturated heterocycles. The molecule has 1 heterocycles. The van der Waals surface area contributed by atoms with Crippen LogP contribution in [0.3, 0.4) is 0 Å². The molecule has 0 aliphatic carbocycles. The minimum Gasteiger partial charge on any atom is -0.409 e. The van der Waals surface area contributed by atoms with Gasteiger partial charge in [-0.25, -0.2) is 0 Å². The molecule has 8 nitrogen and oxygen atoms in total. The summed E-state index contributed by atoms with van der Waals surface area (Å²) in [7, 11) is 0. The zero-order chi connectivity index (χ0) is 15.4. The first-order valence-corrected chi connectivity index (χ1v) is 6.69. The lowest BCUT2D eigenvalue weighted by Crippen LogP contribution is -2.21. The zero-order valence-electron chi connectivity index (χ0n) is 11.5. The molecular formula is C13H18N4O4. The molecule has 1 unspecified atom stereocenters. The van der Waals surface area contributed by atoms with Crippen molar-refractivity contribution in [3.63, 3.8) is 0 Å². The van der Waals surface area contributed by atoms with Gasteiger partial charge in [0.2, 0.25) is 0 Å². The number of hydrogen-bond donors (Lipinski definition) is 3. The Kier molecular flexibility index (Phi) is 4.59. The van der Waals surface area contributed by atoms with Gasteiger partial charge >= 0.3 is 0 Å². The van der Waals surface area contributed by atoms with Crippen molar-refractivity contribution in [1.29, 1.82) is 0 Å². The van der Waals surface area contributed by atoms with Gasteiger partial charge in [0.1, 0.15) is 5.69 Å². The molecule has 1 aliphatic heterocycles. The van der Waals surface area contributed by atoms with Crippen LogP contribution in [0.5, 0.6) is 0 Å². The second-order valence-corrected chi connectivity index (χ2v) is 5.06. The summed E-state index contributed by atoms with van der Waals surface area (Å²) in [5, 5.41) is 31.7. The van der Waals surface area contributed by atoms with Crippen molar-refractivity contribution in [2.75, 3.05) is 24.6 Å². The fraction of sp³-hybridized carbons (Fsp3) is 0.462. The Morgan fingerprint density at radius 1 is 1.57 bits per heavy atom. The fourth-order valence-electron chi connectivity index (χ4n) is 2.62. The Hall–Kier alpha value is -2.35. The number of nitrogens with zero attached hydrogens (tertiary/aromatic N) is 3. The van der Waals surface area contributed by atoms with Crippen molar-refractivity contribution in [1.82, 2.24) is 0 Å². The Morgan fingerprint density at radius 3 is 2.95 bits per heavy atom. The minimum absolute atomic E-state index is 0.0660. The van der Waals surface area contributed by atoms with Gasteiger partial charge in [0.05, 0.1) is 4.92 Å². The highest BCUT2D eigenvalue weighted by atomic mass is 16.6. The van der Waals surface area contributed by atoms with Crippen LogP contribution in [0, 0.1) is 16.0 Å². The van der Waals surface area contributed by atoms with E-state index in [0.717, 1.165) is 6.42 Å². The predicted octanol–water partition coefficient (Wildman–Crippen LogP) is 0.898. The number of amidine groups is 1. The molecule has 1 atom stereocenters. The zero-order valence-corrected chi connectivity index (χ0v) is 11.5. The minimum atomic E-state index is -0.469. The molecule has 0 radical (unpaired) electrons. The van der Waals surface area contributed by atoms with E-state index in [4.69, 9.17) is 16.0 Å². The number of benzene rings is 1. The van der Waals surface area contributed by atoms with Crippen LogP contribution >= 0.6 is 0 Å². The predicted molar refractivity (Wildman–Crippen MR) is 77.6 cm³/mol. The van der Waals surface area contributed by atoms with E-state index in [2.05, 4.69) is 5.16 Å². The topological polar surface area (TPSA) is 125 Å². The van der Waals surface area contributed by atoms with E-state index >= 15 is 0 Å². The molecule has 0 spiro atoms. The maximum Gasteiger partial charge on any atom is 0.293 e. The van der Waals surface area contributed by atoms with Gasteiger partial charge in [-0.05, 0) is 30.9 Å². The summed E-state index contributed by atoms with van der Waals surface area (Å²) in [4.78, 5) is 12.7. The lowest BCUT2D eigenvalue weighted by molar-refractivity contribution is -0.384. The molecule has 0 aromatic heterocycles. The molecule has 1 aromatic rings. The van der Waals surface area contributed by atoms with E-state index in [1.807, 2.05) is 4.90 Å². The third kappa shape index (κ3) is 3.22. The first kappa shape index (κ1) is 15.0. The molecule has 4 N–H and O–H groups in total. The summed E-state index contributed by atoms with van der Waals surface area (Å²) in [6, 6.07) is 4.52. The number of aliphatic hydroxyl groups excluding tert-OH is 1. The van der Waals surface area contributed by atoms with Crippen LogP contribution in [-0.4, -0.2) is 40.8 Å². The maximum atomic E-state index is 11.2. The van der Waals surface area contributed by atoms with Crippen LogP contribution in [0.1, 0.15) is 18.4 Å². The Balaban J connectivity index is 2.30. The van der Waals surface area contributed by atoms with Crippen molar-refractivity contribution in [3.05, 3.63) is 33.9 Å². The van der Waals surface area contributed by atoms with Gasteiger partial charge in [-0.3, -0.25) is 10.1 Å². The second-order valence-electron chi connectivity index (χ2n) is 5.06. The highest BCUT2D eigenvalue weighted by molar-refractivity contribution is 5.98. The van der Waals surface area contributed by atoms with Crippen LogP contribution in [0.2, 0.25) is 0 Å². The number of nitro groups is 1. The van der Waals surface area contributed by atoms with Gasteiger partial charge in [0, 0.05) is 31.3 Å². The number of hydrogen-bond acceptors (Lipinski definition) is 6. The monoisotopic (exact) mass is 294 g/mol. The molecular weight excluding hydrogens is 276 g/mol. The molecule has 0 saturated carbocycles. The number of rotatable bonds is 5. The van der Waals surface area contributed by atoms with Gasteiger partial charge in [-0.15, -0.1) is 0 Å². The van der Waals surface area contributed by atoms with Gasteiger partial charge in [-0.1, -0.05) is 5.16 Å². The molecule has 1 aromatic carbocycles. The smallest absolute Gasteiger partial charge is 0.293 e. The average molecular weight is 294 g/mol. The van der Waals surface area contributed by atoms with Crippen molar-refractivity contribution < 1.29 is 15.2 Å². The summed E-state index contributed by atoms with van der Waals surface area (Å²) in [5.41, 5.74) is 6.23. The first-order valence-electron chi connectivity index (χ1n) is 6.69. The SMILES string of the molecule is N/C(=N/O)c1ccc(N2CCC(CCO)C2)c([N+](=O)[O-])c1. The standard InChI is InChI=1S/C13H18N4O4/c14-13(15-19)10-1-2-11(12(7-10)17(20)21)16-5-3-9(8-16)4-6-18/h1-2,7,9,18-19H,3-6,8H2,(H2,14,15). The van der Waals surface area contributed by atoms with Crippen LogP contribution in [-0.2, 0) is 0 Å². The summed E-state index contributed by atoms with van der Waals surface area (Å²) in [5.74, 6) is 0.183. The lowest BCUT2D eigenvalue weighted by Gasteiger charge is -2.19. The summed E-state index contributed by atoms with van der Waals surface area (Å²) >= 11 is 0. The summed E-state index contributed by atoms with van der Waals surface area (Å²) in [6.45, 7) is 1.53. The number of anilines is 1.